The van der Waals surface area contributed by atoms with Crippen molar-refractivity contribution >= 4 is 37.5 Å². The van der Waals surface area contributed by atoms with Crippen LogP contribution in [0.15, 0.2) is 15.9 Å². The van der Waals surface area contributed by atoms with Crippen molar-refractivity contribution in [2.45, 2.75) is 6.92 Å². The fraction of sp³-hybridized carbons (Fsp3) is 0.143. The van der Waals surface area contributed by atoms with Crippen molar-refractivity contribution in [1.82, 2.24) is 4.98 Å². The highest BCUT2D eigenvalue weighted by atomic mass is 79.9. The van der Waals surface area contributed by atoms with E-state index in [1.54, 1.807) is 11.3 Å². The fourth-order valence-corrected chi connectivity index (χ4v) is 2.62. The van der Waals surface area contributed by atoms with Crippen LogP contribution in [0.1, 0.15) is 5.69 Å². The van der Waals surface area contributed by atoms with Crippen LogP contribution in [0.25, 0.3) is 10.2 Å². The second kappa shape index (κ2) is 2.10. The van der Waals surface area contributed by atoms with Gasteiger partial charge in [0.05, 0.1) is 14.0 Å². The molecule has 0 unspecified atom stereocenters. The predicted octanol–water partition coefficient (Wildman–Crippen LogP) is 3.30. The first kappa shape index (κ1) is 6.43. The second-order valence-electron chi connectivity index (χ2n) is 2.28. The molecule has 52 valence electrons. The third-order valence-electron chi connectivity index (χ3n) is 1.41. The van der Waals surface area contributed by atoms with E-state index >= 15 is 0 Å². The van der Waals surface area contributed by atoms with E-state index < -0.39 is 0 Å². The molecule has 2 aromatic rings. The number of fused-ring (bicyclic) bond motifs is 1. The number of halogens is 1. The number of H-pyrrole nitrogens is 1. The fourth-order valence-electron chi connectivity index (χ4n) is 1.02. The molecule has 10 heavy (non-hydrogen) atoms. The predicted molar refractivity (Wildman–Crippen MR) is 48.6 cm³/mol. The molecule has 0 saturated carbocycles. The molecule has 2 rings (SSSR count). The van der Waals surface area contributed by atoms with E-state index in [1.165, 1.54) is 19.7 Å². The Labute approximate surface area is 71.2 Å². The lowest BCUT2D eigenvalue weighted by Gasteiger charge is -1.76. The highest BCUT2D eigenvalue weighted by Crippen LogP contribution is 2.29. The molecule has 3 heteroatoms. The highest BCUT2D eigenvalue weighted by molar-refractivity contribution is 9.11. The summed E-state index contributed by atoms with van der Waals surface area (Å²) < 4.78 is 2.51. The van der Waals surface area contributed by atoms with Gasteiger partial charge in [0, 0.05) is 5.69 Å². The molecule has 1 N–H and O–H groups in total. The van der Waals surface area contributed by atoms with E-state index in [2.05, 4.69) is 40.0 Å². The molecular weight excluding hydrogens is 210 g/mol. The van der Waals surface area contributed by atoms with Crippen molar-refractivity contribution in [3.05, 3.63) is 21.6 Å². The Morgan fingerprint density at radius 2 is 2.30 bits per heavy atom. The van der Waals surface area contributed by atoms with Crippen molar-refractivity contribution in [2.24, 2.45) is 0 Å². The minimum absolute atomic E-state index is 1.19. The first-order chi connectivity index (χ1) is 4.75. The van der Waals surface area contributed by atoms with Gasteiger partial charge < -0.3 is 4.98 Å². The molecule has 0 spiro atoms. The molecule has 0 aliphatic carbocycles. The summed E-state index contributed by atoms with van der Waals surface area (Å²) in [5.41, 5.74) is 2.46. The van der Waals surface area contributed by atoms with Crippen LogP contribution >= 0.6 is 27.3 Å². The number of aromatic nitrogens is 1. The van der Waals surface area contributed by atoms with Gasteiger partial charge in [0.25, 0.3) is 0 Å². The number of hydrogen-bond acceptors (Lipinski definition) is 1. The van der Waals surface area contributed by atoms with E-state index in [-0.39, 0.29) is 0 Å². The maximum absolute atomic E-state index is 3.43. The van der Waals surface area contributed by atoms with E-state index in [0.717, 1.165) is 0 Å². The van der Waals surface area contributed by atoms with Gasteiger partial charge >= 0.3 is 0 Å². The van der Waals surface area contributed by atoms with Gasteiger partial charge in [0.2, 0.25) is 0 Å². The molecule has 0 aliphatic heterocycles. The lowest BCUT2D eigenvalue weighted by molar-refractivity contribution is 1.30. The standard InChI is InChI=1S/C7H6BrNS/c1-4-2-6-5(9-4)3-7(8)10-6/h2-3,9H,1H3. The summed E-state index contributed by atoms with van der Waals surface area (Å²) in [5, 5.41) is 0. The van der Waals surface area contributed by atoms with Crippen LogP contribution in [0.2, 0.25) is 0 Å². The van der Waals surface area contributed by atoms with Crippen LogP contribution in [0.4, 0.5) is 0 Å². The summed E-state index contributed by atoms with van der Waals surface area (Å²) in [6.45, 7) is 2.07. The average Bonchev–Trinajstić information content (AvgIpc) is 2.21. The molecule has 2 aromatic heterocycles. The Hall–Kier alpha value is -0.280. The van der Waals surface area contributed by atoms with Gasteiger partial charge in [-0.05, 0) is 35.0 Å². The maximum atomic E-state index is 3.43. The quantitative estimate of drug-likeness (QED) is 0.695. The topological polar surface area (TPSA) is 15.8 Å². The number of thiophene rings is 1. The second-order valence-corrected chi connectivity index (χ2v) is 4.74. The minimum Gasteiger partial charge on any atom is -0.358 e. The lowest BCUT2D eigenvalue weighted by Crippen LogP contribution is -1.63. The van der Waals surface area contributed by atoms with Gasteiger partial charge in [-0.25, -0.2) is 0 Å². The van der Waals surface area contributed by atoms with Gasteiger partial charge in [0.1, 0.15) is 0 Å². The summed E-state index contributed by atoms with van der Waals surface area (Å²) in [5.74, 6) is 0. The monoisotopic (exact) mass is 215 g/mol. The van der Waals surface area contributed by atoms with Crippen LogP contribution in [0.3, 0.4) is 0 Å². The van der Waals surface area contributed by atoms with E-state index in [0.29, 0.717) is 0 Å². The molecule has 1 nitrogen and oxygen atoms in total. The van der Waals surface area contributed by atoms with Crippen molar-refractivity contribution in [3.8, 4) is 0 Å². The third-order valence-corrected chi connectivity index (χ3v) is 3.00. The lowest BCUT2D eigenvalue weighted by atomic mass is 10.5. The van der Waals surface area contributed by atoms with Gasteiger partial charge in [-0.3, -0.25) is 0 Å². The van der Waals surface area contributed by atoms with E-state index in [1.807, 2.05) is 0 Å². The SMILES string of the molecule is Cc1cc2sc(Br)cc2[nH]1. The average molecular weight is 216 g/mol. The summed E-state index contributed by atoms with van der Waals surface area (Å²) in [4.78, 5) is 3.26. The molecular formula is C7H6BrNS. The molecule has 0 atom stereocenters. The van der Waals surface area contributed by atoms with Gasteiger partial charge in [-0.15, -0.1) is 11.3 Å². The summed E-state index contributed by atoms with van der Waals surface area (Å²) >= 11 is 5.19. The number of nitrogens with one attached hydrogen (secondary N) is 1. The summed E-state index contributed by atoms with van der Waals surface area (Å²) in [6, 6.07) is 4.26. The third kappa shape index (κ3) is 0.896. The molecule has 0 bridgehead atoms. The Balaban J connectivity index is 2.83. The first-order valence-electron chi connectivity index (χ1n) is 3.00. The van der Waals surface area contributed by atoms with Crippen molar-refractivity contribution in [3.63, 3.8) is 0 Å². The van der Waals surface area contributed by atoms with Crippen LogP contribution in [-0.4, -0.2) is 4.98 Å². The zero-order valence-electron chi connectivity index (χ0n) is 5.44. The summed E-state index contributed by atoms with van der Waals surface area (Å²) in [6.07, 6.45) is 0. The molecule has 0 radical (unpaired) electrons. The molecule has 0 aromatic carbocycles. The molecule has 0 fully saturated rings. The van der Waals surface area contributed by atoms with Crippen molar-refractivity contribution < 1.29 is 0 Å². The zero-order chi connectivity index (χ0) is 7.14. The van der Waals surface area contributed by atoms with Crippen molar-refractivity contribution in [2.75, 3.05) is 0 Å². The Kier molecular flexibility index (Phi) is 1.35. The Bertz CT molecular complexity index is 297. The van der Waals surface area contributed by atoms with Crippen LogP contribution in [-0.2, 0) is 0 Å². The van der Waals surface area contributed by atoms with Gasteiger partial charge in [0.15, 0.2) is 0 Å². The van der Waals surface area contributed by atoms with Crippen LogP contribution < -0.4 is 0 Å². The first-order valence-corrected chi connectivity index (χ1v) is 4.61. The minimum atomic E-state index is 1.19. The summed E-state index contributed by atoms with van der Waals surface area (Å²) in [7, 11) is 0. The van der Waals surface area contributed by atoms with Crippen molar-refractivity contribution in [1.29, 1.82) is 0 Å². The molecule has 0 saturated heterocycles. The van der Waals surface area contributed by atoms with Gasteiger partial charge in [-0.1, -0.05) is 0 Å². The normalized spacial score (nSPS) is 11.0. The number of aryl methyl sites for hydroxylation is 1. The Morgan fingerprint density at radius 1 is 1.50 bits per heavy atom. The largest absolute Gasteiger partial charge is 0.358 e. The van der Waals surface area contributed by atoms with Gasteiger partial charge in [-0.2, -0.15) is 0 Å². The molecule has 2 heterocycles. The zero-order valence-corrected chi connectivity index (χ0v) is 7.84. The van der Waals surface area contributed by atoms with Crippen LogP contribution in [0, 0.1) is 6.92 Å². The highest BCUT2D eigenvalue weighted by Gasteiger charge is 2.00. The number of aromatic amines is 1. The van der Waals surface area contributed by atoms with E-state index in [9.17, 15) is 0 Å². The Morgan fingerprint density at radius 3 is 3.00 bits per heavy atom. The maximum Gasteiger partial charge on any atom is 0.0726 e. The number of hydrogen-bond donors (Lipinski definition) is 1. The van der Waals surface area contributed by atoms with Crippen LogP contribution in [0.5, 0.6) is 0 Å². The number of rotatable bonds is 0. The molecule has 0 amide bonds. The van der Waals surface area contributed by atoms with E-state index in [4.69, 9.17) is 0 Å². The molecule has 0 aliphatic rings. The smallest absolute Gasteiger partial charge is 0.0726 e.